The topological polar surface area (TPSA) is 58.4 Å². The van der Waals surface area contributed by atoms with E-state index in [4.69, 9.17) is 0 Å². The average molecular weight is 442 g/mol. The quantitative estimate of drug-likeness (QED) is 0.481. The fourth-order valence-electron chi connectivity index (χ4n) is 4.27. The molecule has 1 aliphatic rings. The van der Waals surface area contributed by atoms with E-state index in [1.807, 2.05) is 42.5 Å². The standard InChI is InChI=1S/C26H23FN4O2/c1-18-22(17-28-31(18)24-9-5-4-8-23(24)27)26(33)30-14-12-29(13-15-30)25(32)21-11-10-19-6-2-3-7-20(19)16-21/h2-11,16-17H,12-15H2,1H3. The highest BCUT2D eigenvalue weighted by molar-refractivity contribution is 5.99. The van der Waals surface area contributed by atoms with Crippen LogP contribution in [0, 0.1) is 12.7 Å². The first-order valence-corrected chi connectivity index (χ1v) is 10.9. The number of para-hydroxylation sites is 1. The maximum absolute atomic E-state index is 14.2. The second kappa shape index (κ2) is 8.50. The number of carbonyl (C=O) groups is 2. The number of fused-ring (bicyclic) bond motifs is 1. The molecule has 0 bridgehead atoms. The van der Waals surface area contributed by atoms with Gasteiger partial charge < -0.3 is 9.80 Å². The minimum absolute atomic E-state index is 0.0311. The normalized spacial score (nSPS) is 14.0. The summed E-state index contributed by atoms with van der Waals surface area (Å²) in [4.78, 5) is 29.6. The van der Waals surface area contributed by atoms with E-state index >= 15 is 0 Å². The van der Waals surface area contributed by atoms with Crippen molar-refractivity contribution in [1.29, 1.82) is 0 Å². The molecule has 33 heavy (non-hydrogen) atoms. The van der Waals surface area contributed by atoms with Gasteiger partial charge in [0.15, 0.2) is 0 Å². The van der Waals surface area contributed by atoms with Gasteiger partial charge in [0.05, 0.1) is 17.5 Å². The van der Waals surface area contributed by atoms with Gasteiger partial charge in [-0.2, -0.15) is 5.10 Å². The molecule has 1 aromatic heterocycles. The first-order chi connectivity index (χ1) is 16.0. The van der Waals surface area contributed by atoms with E-state index in [2.05, 4.69) is 5.10 Å². The van der Waals surface area contributed by atoms with E-state index in [1.165, 1.54) is 16.9 Å². The number of rotatable bonds is 3. The molecule has 7 heteroatoms. The molecule has 6 nitrogen and oxygen atoms in total. The predicted molar refractivity (Wildman–Crippen MR) is 124 cm³/mol. The van der Waals surface area contributed by atoms with E-state index in [0.29, 0.717) is 48.7 Å². The van der Waals surface area contributed by atoms with E-state index in [1.54, 1.807) is 34.9 Å². The highest BCUT2D eigenvalue weighted by Gasteiger charge is 2.28. The van der Waals surface area contributed by atoms with Crippen LogP contribution in [0.1, 0.15) is 26.4 Å². The third-order valence-corrected chi connectivity index (χ3v) is 6.17. The molecule has 0 saturated carbocycles. The lowest BCUT2D eigenvalue weighted by molar-refractivity contribution is 0.0535. The van der Waals surface area contributed by atoms with Gasteiger partial charge in [-0.25, -0.2) is 9.07 Å². The van der Waals surface area contributed by atoms with Gasteiger partial charge in [-0.3, -0.25) is 9.59 Å². The van der Waals surface area contributed by atoms with Crippen LogP contribution >= 0.6 is 0 Å². The number of hydrogen-bond donors (Lipinski definition) is 0. The van der Waals surface area contributed by atoms with Crippen molar-refractivity contribution in [2.24, 2.45) is 0 Å². The molecule has 2 amide bonds. The molecule has 0 radical (unpaired) electrons. The van der Waals surface area contributed by atoms with Gasteiger partial charge in [0, 0.05) is 31.7 Å². The molecular formula is C26H23FN4O2. The van der Waals surface area contributed by atoms with Crippen molar-refractivity contribution >= 4 is 22.6 Å². The fraction of sp³-hybridized carbons (Fsp3) is 0.192. The Hall–Kier alpha value is -4.00. The molecular weight excluding hydrogens is 419 g/mol. The maximum Gasteiger partial charge on any atom is 0.257 e. The highest BCUT2D eigenvalue weighted by atomic mass is 19.1. The van der Waals surface area contributed by atoms with Crippen molar-refractivity contribution < 1.29 is 14.0 Å². The van der Waals surface area contributed by atoms with E-state index in [9.17, 15) is 14.0 Å². The molecule has 0 unspecified atom stereocenters. The smallest absolute Gasteiger partial charge is 0.257 e. The maximum atomic E-state index is 14.2. The molecule has 1 saturated heterocycles. The molecule has 1 fully saturated rings. The molecule has 0 spiro atoms. The Kier molecular flexibility index (Phi) is 5.38. The van der Waals surface area contributed by atoms with Gasteiger partial charge in [-0.1, -0.05) is 42.5 Å². The zero-order valence-corrected chi connectivity index (χ0v) is 18.2. The third-order valence-electron chi connectivity index (χ3n) is 6.17. The van der Waals surface area contributed by atoms with Gasteiger partial charge in [0.25, 0.3) is 11.8 Å². The van der Waals surface area contributed by atoms with E-state index in [0.717, 1.165) is 10.8 Å². The van der Waals surface area contributed by atoms with Gasteiger partial charge in [-0.05, 0) is 42.0 Å². The summed E-state index contributed by atoms with van der Waals surface area (Å²) < 4.78 is 15.6. The number of amides is 2. The van der Waals surface area contributed by atoms with Crippen LogP contribution in [0.3, 0.4) is 0 Å². The Morgan fingerprint density at radius 1 is 0.818 bits per heavy atom. The Bertz CT molecular complexity index is 1360. The number of carbonyl (C=O) groups excluding carboxylic acids is 2. The van der Waals surface area contributed by atoms with Crippen molar-refractivity contribution in [3.05, 3.63) is 95.6 Å². The zero-order valence-electron chi connectivity index (χ0n) is 18.2. The second-order valence-corrected chi connectivity index (χ2v) is 8.15. The predicted octanol–water partition coefficient (Wildman–Crippen LogP) is 4.07. The van der Waals surface area contributed by atoms with Crippen molar-refractivity contribution in [1.82, 2.24) is 19.6 Å². The van der Waals surface area contributed by atoms with Crippen LogP contribution in [0.4, 0.5) is 4.39 Å². The average Bonchev–Trinajstić information content (AvgIpc) is 3.24. The van der Waals surface area contributed by atoms with Crippen molar-refractivity contribution in [2.75, 3.05) is 26.2 Å². The Morgan fingerprint density at radius 2 is 1.45 bits per heavy atom. The van der Waals surface area contributed by atoms with E-state index in [-0.39, 0.29) is 11.8 Å². The summed E-state index contributed by atoms with van der Waals surface area (Å²) >= 11 is 0. The zero-order chi connectivity index (χ0) is 22.9. The SMILES string of the molecule is Cc1c(C(=O)N2CCN(C(=O)c3ccc4ccccc4c3)CC2)cnn1-c1ccccc1F. The second-order valence-electron chi connectivity index (χ2n) is 8.15. The lowest BCUT2D eigenvalue weighted by Gasteiger charge is -2.34. The fourth-order valence-corrected chi connectivity index (χ4v) is 4.27. The summed E-state index contributed by atoms with van der Waals surface area (Å²) in [5.41, 5.74) is 1.97. The molecule has 0 aliphatic carbocycles. The Labute approximate surface area is 190 Å². The summed E-state index contributed by atoms with van der Waals surface area (Å²) in [6.07, 6.45) is 1.48. The number of halogens is 1. The van der Waals surface area contributed by atoms with Crippen molar-refractivity contribution in [3.63, 3.8) is 0 Å². The van der Waals surface area contributed by atoms with Crippen LogP contribution in [-0.4, -0.2) is 57.6 Å². The summed E-state index contributed by atoms with van der Waals surface area (Å²) in [6, 6.07) is 20.0. The third kappa shape index (κ3) is 3.86. The summed E-state index contributed by atoms with van der Waals surface area (Å²) in [7, 11) is 0. The van der Waals surface area contributed by atoms with Gasteiger partial charge in [0.2, 0.25) is 0 Å². The molecule has 3 aromatic carbocycles. The first-order valence-electron chi connectivity index (χ1n) is 10.9. The molecule has 1 aliphatic heterocycles. The molecule has 5 rings (SSSR count). The number of benzene rings is 3. The van der Waals surface area contributed by atoms with Gasteiger partial charge in [0.1, 0.15) is 11.5 Å². The summed E-state index contributed by atoms with van der Waals surface area (Å²) in [6.45, 7) is 3.53. The number of nitrogens with zero attached hydrogens (tertiary/aromatic N) is 4. The van der Waals surface area contributed by atoms with Crippen LogP contribution in [-0.2, 0) is 0 Å². The molecule has 0 N–H and O–H groups in total. The summed E-state index contributed by atoms with van der Waals surface area (Å²) in [5.74, 6) is -0.590. The number of piperazine rings is 1. The van der Waals surface area contributed by atoms with Crippen LogP contribution in [0.2, 0.25) is 0 Å². The van der Waals surface area contributed by atoms with Gasteiger partial charge in [-0.15, -0.1) is 0 Å². The van der Waals surface area contributed by atoms with E-state index < -0.39 is 5.82 Å². The Morgan fingerprint density at radius 3 is 2.18 bits per heavy atom. The lowest BCUT2D eigenvalue weighted by Crippen LogP contribution is -2.50. The lowest BCUT2D eigenvalue weighted by atomic mass is 10.1. The van der Waals surface area contributed by atoms with Gasteiger partial charge >= 0.3 is 0 Å². The number of hydrogen-bond acceptors (Lipinski definition) is 3. The molecule has 4 aromatic rings. The molecule has 166 valence electrons. The summed E-state index contributed by atoms with van der Waals surface area (Å²) in [5, 5.41) is 6.36. The van der Waals surface area contributed by atoms with Crippen molar-refractivity contribution in [3.8, 4) is 5.69 Å². The molecule has 2 heterocycles. The van der Waals surface area contributed by atoms with Crippen LogP contribution in [0.15, 0.2) is 72.9 Å². The first kappa shape index (κ1) is 20.9. The van der Waals surface area contributed by atoms with Crippen molar-refractivity contribution in [2.45, 2.75) is 6.92 Å². The van der Waals surface area contributed by atoms with Crippen LogP contribution in [0.25, 0.3) is 16.5 Å². The van der Waals surface area contributed by atoms with Crippen LogP contribution < -0.4 is 0 Å². The van der Waals surface area contributed by atoms with Crippen LogP contribution in [0.5, 0.6) is 0 Å². The molecule has 0 atom stereocenters. The minimum Gasteiger partial charge on any atom is -0.335 e. The monoisotopic (exact) mass is 442 g/mol. The number of aromatic nitrogens is 2. The Balaban J connectivity index is 1.28. The minimum atomic E-state index is -0.400. The largest absolute Gasteiger partial charge is 0.335 e. The highest BCUT2D eigenvalue weighted by Crippen LogP contribution is 2.20.